The Kier molecular flexibility index (Phi) is 6.28. The van der Waals surface area contributed by atoms with Crippen LogP contribution in [0.1, 0.15) is 56.2 Å². The van der Waals surface area contributed by atoms with Crippen LogP contribution in [-0.2, 0) is 10.3 Å². The number of hydrogen-bond acceptors (Lipinski definition) is 4. The Hall–Kier alpha value is -2.86. The number of amides is 3. The number of hydrogen-bond donors (Lipinski definition) is 1. The first kappa shape index (κ1) is 21.4. The lowest BCUT2D eigenvalue weighted by atomic mass is 9.87. The second-order valence-corrected chi connectivity index (χ2v) is 8.38. The van der Waals surface area contributed by atoms with Crippen molar-refractivity contribution in [3.8, 4) is 5.75 Å². The molecule has 2 aromatic carbocycles. The molecule has 4 rings (SSSR count). The van der Waals surface area contributed by atoms with Crippen LogP contribution in [0.5, 0.6) is 5.75 Å². The SMILES string of the molecule is CC[C@@]1(c2ccccc2)NC(=O)N(CN2CCCCC[C@H]2c2ccc(OC)cc2)C1=O. The molecule has 2 aliphatic heterocycles. The Morgan fingerprint density at radius 2 is 1.77 bits per heavy atom. The fourth-order valence-corrected chi connectivity index (χ4v) is 4.84. The van der Waals surface area contributed by atoms with Gasteiger partial charge >= 0.3 is 6.03 Å². The molecule has 0 bridgehead atoms. The van der Waals surface area contributed by atoms with Gasteiger partial charge in [0.1, 0.15) is 11.3 Å². The molecule has 1 N–H and O–H groups in total. The van der Waals surface area contributed by atoms with Crippen LogP contribution in [0.25, 0.3) is 0 Å². The van der Waals surface area contributed by atoms with E-state index in [4.69, 9.17) is 4.74 Å². The second-order valence-electron chi connectivity index (χ2n) is 8.38. The molecule has 3 amide bonds. The number of benzene rings is 2. The molecule has 0 saturated carbocycles. The molecule has 2 saturated heterocycles. The Morgan fingerprint density at radius 3 is 2.45 bits per heavy atom. The van der Waals surface area contributed by atoms with E-state index in [1.807, 2.05) is 49.4 Å². The van der Waals surface area contributed by atoms with Gasteiger partial charge in [0.15, 0.2) is 0 Å². The monoisotopic (exact) mass is 421 g/mol. The minimum Gasteiger partial charge on any atom is -0.497 e. The number of nitrogens with zero attached hydrogens (tertiary/aromatic N) is 2. The topological polar surface area (TPSA) is 61.9 Å². The number of rotatable bonds is 6. The van der Waals surface area contributed by atoms with E-state index in [1.54, 1.807) is 7.11 Å². The third kappa shape index (κ3) is 4.04. The van der Waals surface area contributed by atoms with Crippen molar-refractivity contribution in [3.63, 3.8) is 0 Å². The number of carbonyl (C=O) groups is 2. The van der Waals surface area contributed by atoms with Crippen LogP contribution in [0.3, 0.4) is 0 Å². The fourth-order valence-electron chi connectivity index (χ4n) is 4.84. The van der Waals surface area contributed by atoms with Crippen LogP contribution in [0.2, 0.25) is 0 Å². The molecule has 2 atom stereocenters. The average Bonchev–Trinajstić information content (AvgIpc) is 2.95. The third-order valence-electron chi connectivity index (χ3n) is 6.66. The molecule has 164 valence electrons. The van der Waals surface area contributed by atoms with E-state index in [9.17, 15) is 9.59 Å². The molecule has 0 radical (unpaired) electrons. The molecule has 0 spiro atoms. The van der Waals surface area contributed by atoms with Crippen molar-refractivity contribution in [2.24, 2.45) is 0 Å². The van der Waals surface area contributed by atoms with Gasteiger partial charge in [-0.2, -0.15) is 0 Å². The zero-order valence-electron chi connectivity index (χ0n) is 18.3. The van der Waals surface area contributed by atoms with Crippen molar-refractivity contribution in [2.75, 3.05) is 20.3 Å². The number of carbonyl (C=O) groups excluding carboxylic acids is 2. The molecular formula is C25H31N3O3. The smallest absolute Gasteiger partial charge is 0.326 e. The highest BCUT2D eigenvalue weighted by Gasteiger charge is 2.51. The maximum atomic E-state index is 13.6. The van der Waals surface area contributed by atoms with Crippen molar-refractivity contribution in [1.29, 1.82) is 0 Å². The number of imide groups is 1. The van der Waals surface area contributed by atoms with Gasteiger partial charge < -0.3 is 10.1 Å². The van der Waals surface area contributed by atoms with Crippen molar-refractivity contribution in [3.05, 3.63) is 65.7 Å². The largest absolute Gasteiger partial charge is 0.497 e. The summed E-state index contributed by atoms with van der Waals surface area (Å²) in [6.07, 6.45) is 4.88. The highest BCUT2D eigenvalue weighted by Crippen LogP contribution is 2.35. The zero-order valence-corrected chi connectivity index (χ0v) is 18.3. The zero-order chi connectivity index (χ0) is 21.8. The van der Waals surface area contributed by atoms with Gasteiger partial charge in [-0.05, 0) is 42.5 Å². The molecule has 0 unspecified atom stereocenters. The summed E-state index contributed by atoms with van der Waals surface area (Å²) in [5, 5.41) is 3.00. The van der Waals surface area contributed by atoms with Gasteiger partial charge in [-0.25, -0.2) is 9.69 Å². The lowest BCUT2D eigenvalue weighted by Gasteiger charge is -2.33. The van der Waals surface area contributed by atoms with E-state index in [-0.39, 0.29) is 18.0 Å². The molecular weight excluding hydrogens is 390 g/mol. The number of ether oxygens (including phenoxy) is 1. The second kappa shape index (κ2) is 9.10. The summed E-state index contributed by atoms with van der Waals surface area (Å²) in [6.45, 7) is 3.11. The van der Waals surface area contributed by atoms with Gasteiger partial charge in [0, 0.05) is 12.6 Å². The average molecular weight is 422 g/mol. The van der Waals surface area contributed by atoms with Crippen LogP contribution in [0.15, 0.2) is 54.6 Å². The molecule has 0 aliphatic carbocycles. The molecule has 2 fully saturated rings. The first-order valence-corrected chi connectivity index (χ1v) is 11.2. The highest BCUT2D eigenvalue weighted by molar-refractivity contribution is 6.07. The summed E-state index contributed by atoms with van der Waals surface area (Å²) in [7, 11) is 1.66. The molecule has 31 heavy (non-hydrogen) atoms. The molecule has 6 heteroatoms. The number of urea groups is 1. The Bertz CT molecular complexity index is 915. The summed E-state index contributed by atoms with van der Waals surface area (Å²) in [5.74, 6) is 0.664. The normalized spacial score (nSPS) is 24.7. The van der Waals surface area contributed by atoms with E-state index in [0.717, 1.165) is 43.5 Å². The quantitative estimate of drug-likeness (QED) is 0.701. The highest BCUT2D eigenvalue weighted by atomic mass is 16.5. The molecule has 2 aromatic rings. The first-order valence-electron chi connectivity index (χ1n) is 11.2. The van der Waals surface area contributed by atoms with E-state index in [2.05, 4.69) is 22.3 Å². The summed E-state index contributed by atoms with van der Waals surface area (Å²) in [4.78, 5) is 30.2. The first-order chi connectivity index (χ1) is 15.1. The van der Waals surface area contributed by atoms with Crippen LogP contribution in [0, 0.1) is 0 Å². The maximum Gasteiger partial charge on any atom is 0.326 e. The Labute approximate surface area is 184 Å². The summed E-state index contributed by atoms with van der Waals surface area (Å²) in [5.41, 5.74) is 1.04. The van der Waals surface area contributed by atoms with Gasteiger partial charge in [0.2, 0.25) is 0 Å². The predicted molar refractivity (Wildman–Crippen MR) is 120 cm³/mol. The minimum atomic E-state index is -0.986. The van der Waals surface area contributed by atoms with Crippen molar-refractivity contribution >= 4 is 11.9 Å². The Balaban J connectivity index is 1.59. The summed E-state index contributed by atoms with van der Waals surface area (Å²) >= 11 is 0. The van der Waals surface area contributed by atoms with E-state index in [0.29, 0.717) is 13.1 Å². The van der Waals surface area contributed by atoms with Gasteiger partial charge in [-0.1, -0.05) is 62.2 Å². The Morgan fingerprint density at radius 1 is 1.03 bits per heavy atom. The predicted octanol–water partition coefficient (Wildman–Crippen LogP) is 4.43. The third-order valence-corrected chi connectivity index (χ3v) is 6.66. The molecule has 6 nitrogen and oxygen atoms in total. The standard InChI is InChI=1S/C25H31N3O3/c1-3-25(20-10-6-4-7-11-20)23(29)28(24(30)26-25)18-27-17-9-5-8-12-22(27)19-13-15-21(31-2)16-14-19/h4,6-7,10-11,13-16,22H,3,5,8-9,12,17-18H2,1-2H3,(H,26,30)/t22-,25-/m0/s1. The molecule has 0 aromatic heterocycles. The van der Waals surface area contributed by atoms with Crippen molar-refractivity contribution in [2.45, 2.75) is 50.6 Å². The summed E-state index contributed by atoms with van der Waals surface area (Å²) in [6, 6.07) is 17.6. The number of likely N-dealkylation sites (tertiary alicyclic amines) is 1. The van der Waals surface area contributed by atoms with Crippen LogP contribution >= 0.6 is 0 Å². The van der Waals surface area contributed by atoms with E-state index in [1.165, 1.54) is 10.5 Å². The van der Waals surface area contributed by atoms with Gasteiger partial charge in [-0.3, -0.25) is 9.69 Å². The molecule has 2 aliphatic rings. The fraction of sp³-hybridized carbons (Fsp3) is 0.440. The van der Waals surface area contributed by atoms with Crippen LogP contribution < -0.4 is 10.1 Å². The lowest BCUT2D eigenvalue weighted by molar-refractivity contribution is -0.133. The minimum absolute atomic E-state index is 0.163. The van der Waals surface area contributed by atoms with Gasteiger partial charge in [0.05, 0.1) is 13.8 Å². The maximum absolute atomic E-state index is 13.6. The number of nitrogens with one attached hydrogen (secondary N) is 1. The summed E-state index contributed by atoms with van der Waals surface area (Å²) < 4.78 is 5.30. The van der Waals surface area contributed by atoms with Crippen LogP contribution in [0.4, 0.5) is 4.79 Å². The van der Waals surface area contributed by atoms with E-state index >= 15 is 0 Å². The lowest BCUT2D eigenvalue weighted by Crippen LogP contribution is -2.46. The van der Waals surface area contributed by atoms with Gasteiger partial charge in [-0.15, -0.1) is 0 Å². The van der Waals surface area contributed by atoms with E-state index < -0.39 is 5.54 Å². The number of methoxy groups -OCH3 is 1. The molecule has 2 heterocycles. The van der Waals surface area contributed by atoms with Crippen molar-refractivity contribution in [1.82, 2.24) is 15.1 Å². The van der Waals surface area contributed by atoms with Gasteiger partial charge in [0.25, 0.3) is 5.91 Å². The van der Waals surface area contributed by atoms with Crippen LogP contribution in [-0.4, -0.2) is 42.1 Å². The van der Waals surface area contributed by atoms with Crippen molar-refractivity contribution < 1.29 is 14.3 Å².